The molecule has 2 atom stereocenters. The number of hydrogen-bond acceptors (Lipinski definition) is 3. The summed E-state index contributed by atoms with van der Waals surface area (Å²) in [5, 5.41) is 9.96. The largest absolute Gasteiger partial charge is 0.406 e. The van der Waals surface area contributed by atoms with Crippen molar-refractivity contribution in [3.8, 4) is 0 Å². The topological polar surface area (TPSA) is 41.3 Å². The highest BCUT2D eigenvalue weighted by molar-refractivity contribution is 4.93. The molecule has 0 bridgehead atoms. The number of aliphatic hydroxyl groups is 1. The van der Waals surface area contributed by atoms with Gasteiger partial charge in [0.1, 0.15) is 12.4 Å². The zero-order valence-corrected chi connectivity index (χ0v) is 12.2. The van der Waals surface area contributed by atoms with Gasteiger partial charge >= 0.3 is 6.18 Å². The minimum absolute atomic E-state index is 0.203. The lowest BCUT2D eigenvalue weighted by molar-refractivity contribution is -0.141. The number of aliphatic hydroxyl groups excluding tert-OH is 1. The van der Waals surface area contributed by atoms with E-state index < -0.39 is 12.7 Å². The second-order valence-electron chi connectivity index (χ2n) is 5.90. The zero-order valence-electron chi connectivity index (χ0n) is 12.2. The molecule has 0 aromatic carbocycles. The molecule has 2 unspecified atom stereocenters. The predicted molar refractivity (Wildman–Crippen MR) is 72.6 cm³/mol. The highest BCUT2D eigenvalue weighted by atomic mass is 19.4. The maximum absolute atomic E-state index is 12.5. The van der Waals surface area contributed by atoms with E-state index in [1.165, 1.54) is 12.4 Å². The summed E-state index contributed by atoms with van der Waals surface area (Å²) >= 11 is 0. The number of aromatic nitrogens is 2. The maximum Gasteiger partial charge on any atom is 0.406 e. The van der Waals surface area contributed by atoms with Gasteiger partial charge in [-0.05, 0) is 25.8 Å². The molecule has 1 aliphatic rings. The summed E-state index contributed by atoms with van der Waals surface area (Å²) in [4.78, 5) is 5.95. The average Bonchev–Trinajstić information content (AvgIpc) is 2.77. The van der Waals surface area contributed by atoms with Crippen molar-refractivity contribution in [3.05, 3.63) is 18.2 Å². The molecule has 2 rings (SSSR count). The first kappa shape index (κ1) is 16.3. The molecule has 1 aromatic heterocycles. The standard InChI is InChI=1S/C14H22F3N3O/c1-19(8-11-4-2-3-5-12(11)21)9-13-18-6-7-20(13)10-14(15,16)17/h6-7,11-12,21H,2-5,8-10H2,1H3. The van der Waals surface area contributed by atoms with Crippen molar-refractivity contribution < 1.29 is 18.3 Å². The van der Waals surface area contributed by atoms with Crippen molar-refractivity contribution in [3.63, 3.8) is 0 Å². The summed E-state index contributed by atoms with van der Waals surface area (Å²) in [6.45, 7) is 0.0224. The Balaban J connectivity index is 1.90. The summed E-state index contributed by atoms with van der Waals surface area (Å²) in [5.41, 5.74) is 0. The smallest absolute Gasteiger partial charge is 0.393 e. The van der Waals surface area contributed by atoms with Gasteiger partial charge in [-0.15, -0.1) is 0 Å². The van der Waals surface area contributed by atoms with E-state index in [1.807, 2.05) is 11.9 Å². The molecule has 21 heavy (non-hydrogen) atoms. The van der Waals surface area contributed by atoms with Crippen LogP contribution in [0.4, 0.5) is 13.2 Å². The molecule has 1 saturated carbocycles. The first-order valence-electron chi connectivity index (χ1n) is 7.28. The Morgan fingerprint density at radius 2 is 2.10 bits per heavy atom. The fourth-order valence-corrected chi connectivity index (χ4v) is 2.94. The number of imidazole rings is 1. The monoisotopic (exact) mass is 305 g/mol. The molecule has 4 nitrogen and oxygen atoms in total. The van der Waals surface area contributed by atoms with Crippen LogP contribution >= 0.6 is 0 Å². The molecule has 7 heteroatoms. The van der Waals surface area contributed by atoms with Crippen LogP contribution in [0.2, 0.25) is 0 Å². The third kappa shape index (κ3) is 5.00. The first-order valence-corrected chi connectivity index (χ1v) is 7.28. The fourth-order valence-electron chi connectivity index (χ4n) is 2.94. The number of rotatable bonds is 5. The van der Waals surface area contributed by atoms with Gasteiger partial charge in [-0.2, -0.15) is 13.2 Å². The first-order chi connectivity index (χ1) is 9.85. The van der Waals surface area contributed by atoms with Crippen molar-refractivity contribution in [2.24, 2.45) is 5.92 Å². The lowest BCUT2D eigenvalue weighted by Gasteiger charge is -2.31. The quantitative estimate of drug-likeness (QED) is 0.908. The van der Waals surface area contributed by atoms with Crippen molar-refractivity contribution in [2.45, 2.75) is 51.1 Å². The van der Waals surface area contributed by atoms with Gasteiger partial charge in [-0.25, -0.2) is 4.98 Å². The number of hydrogen-bond donors (Lipinski definition) is 1. The Labute approximate surface area is 122 Å². The molecule has 0 spiro atoms. The Morgan fingerprint density at radius 1 is 1.38 bits per heavy atom. The lowest BCUT2D eigenvalue weighted by Crippen LogP contribution is -2.35. The van der Waals surface area contributed by atoms with Crippen LogP contribution in [0, 0.1) is 5.92 Å². The highest BCUT2D eigenvalue weighted by Gasteiger charge is 2.29. The number of nitrogens with zero attached hydrogens (tertiary/aromatic N) is 3. The van der Waals surface area contributed by atoms with E-state index in [0.29, 0.717) is 18.9 Å². The van der Waals surface area contributed by atoms with E-state index >= 15 is 0 Å². The molecule has 1 aliphatic carbocycles. The summed E-state index contributed by atoms with van der Waals surface area (Å²) in [5.74, 6) is 0.606. The van der Waals surface area contributed by atoms with Gasteiger partial charge in [0.05, 0.1) is 12.6 Å². The molecule has 0 radical (unpaired) electrons. The van der Waals surface area contributed by atoms with E-state index in [2.05, 4.69) is 4.98 Å². The summed E-state index contributed by atoms with van der Waals surface area (Å²) < 4.78 is 38.5. The maximum atomic E-state index is 12.5. The van der Waals surface area contributed by atoms with Gasteiger partial charge in [0.15, 0.2) is 0 Å². The molecule has 120 valence electrons. The molecule has 0 aliphatic heterocycles. The minimum atomic E-state index is -4.24. The molecule has 0 saturated heterocycles. The Kier molecular flexibility index (Phi) is 5.27. The Morgan fingerprint density at radius 3 is 2.76 bits per heavy atom. The van der Waals surface area contributed by atoms with Crippen molar-refractivity contribution in [2.75, 3.05) is 13.6 Å². The van der Waals surface area contributed by atoms with Crippen LogP contribution in [0.15, 0.2) is 12.4 Å². The van der Waals surface area contributed by atoms with Crippen LogP contribution in [-0.4, -0.2) is 45.4 Å². The summed E-state index contributed by atoms with van der Waals surface area (Å²) in [7, 11) is 1.86. The Hall–Kier alpha value is -1.08. The van der Waals surface area contributed by atoms with Crippen LogP contribution in [0.1, 0.15) is 31.5 Å². The second kappa shape index (κ2) is 6.79. The number of halogens is 3. The highest BCUT2D eigenvalue weighted by Crippen LogP contribution is 2.25. The van der Waals surface area contributed by atoms with Crippen molar-refractivity contribution in [1.29, 1.82) is 0 Å². The van der Waals surface area contributed by atoms with Gasteiger partial charge in [0, 0.05) is 18.9 Å². The third-order valence-electron chi connectivity index (χ3n) is 3.98. The third-order valence-corrected chi connectivity index (χ3v) is 3.98. The van der Waals surface area contributed by atoms with E-state index in [-0.39, 0.29) is 12.0 Å². The van der Waals surface area contributed by atoms with Gasteiger partial charge in [-0.1, -0.05) is 12.8 Å². The Bertz CT molecular complexity index is 447. The molecule has 1 heterocycles. The normalized spacial score (nSPS) is 23.7. The van der Waals surface area contributed by atoms with E-state index in [0.717, 1.165) is 30.3 Å². The van der Waals surface area contributed by atoms with E-state index in [9.17, 15) is 18.3 Å². The van der Waals surface area contributed by atoms with Gasteiger partial charge in [0.2, 0.25) is 0 Å². The van der Waals surface area contributed by atoms with Crippen molar-refractivity contribution >= 4 is 0 Å². The van der Waals surface area contributed by atoms with E-state index in [4.69, 9.17) is 0 Å². The molecule has 1 N–H and O–H groups in total. The lowest BCUT2D eigenvalue weighted by atomic mass is 9.86. The molecule has 0 amide bonds. The SMILES string of the molecule is CN(Cc1nccn1CC(F)(F)F)CC1CCCCC1O. The van der Waals surface area contributed by atoms with Gasteiger partial charge in [-0.3, -0.25) is 4.90 Å². The summed E-state index contributed by atoms with van der Waals surface area (Å²) in [6, 6.07) is 0. The molecule has 1 aromatic rings. The summed E-state index contributed by atoms with van der Waals surface area (Å²) in [6.07, 6.45) is 2.17. The van der Waals surface area contributed by atoms with Crippen LogP contribution in [0.25, 0.3) is 0 Å². The van der Waals surface area contributed by atoms with Crippen LogP contribution in [-0.2, 0) is 13.1 Å². The van der Waals surface area contributed by atoms with Gasteiger partial charge < -0.3 is 9.67 Å². The number of alkyl halides is 3. The second-order valence-corrected chi connectivity index (χ2v) is 5.90. The average molecular weight is 305 g/mol. The fraction of sp³-hybridized carbons (Fsp3) is 0.786. The zero-order chi connectivity index (χ0) is 15.5. The molecule has 1 fully saturated rings. The van der Waals surface area contributed by atoms with Crippen LogP contribution in [0.5, 0.6) is 0 Å². The predicted octanol–water partition coefficient (Wildman–Crippen LogP) is 2.43. The van der Waals surface area contributed by atoms with Crippen molar-refractivity contribution in [1.82, 2.24) is 14.5 Å². The van der Waals surface area contributed by atoms with Crippen LogP contribution in [0.3, 0.4) is 0 Å². The molecular weight excluding hydrogens is 283 g/mol. The van der Waals surface area contributed by atoms with Crippen LogP contribution < -0.4 is 0 Å². The minimum Gasteiger partial charge on any atom is -0.393 e. The molecular formula is C14H22F3N3O. The van der Waals surface area contributed by atoms with Gasteiger partial charge in [0.25, 0.3) is 0 Å². The van der Waals surface area contributed by atoms with E-state index in [1.54, 1.807) is 0 Å².